The lowest BCUT2D eigenvalue weighted by Gasteiger charge is -2.32. The Morgan fingerprint density at radius 1 is 1.15 bits per heavy atom. The number of carbonyl (C=O) groups excluding carboxylic acids is 1. The van der Waals surface area contributed by atoms with Crippen LogP contribution in [-0.2, 0) is 27.8 Å². The van der Waals surface area contributed by atoms with Crippen molar-refractivity contribution in [3.05, 3.63) is 58.0 Å². The number of hydrogen-bond acceptors (Lipinski definition) is 8. The molecule has 1 aliphatic rings. The number of amides is 1. The lowest BCUT2D eigenvalue weighted by molar-refractivity contribution is -0.118. The maximum absolute atomic E-state index is 12.8. The normalized spacial score (nSPS) is 15.5. The molecule has 0 bridgehead atoms. The minimum Gasteiger partial charge on any atom is -0.339 e. The first-order chi connectivity index (χ1) is 16.4. The predicted molar refractivity (Wildman–Crippen MR) is 133 cm³/mol. The van der Waals surface area contributed by atoms with E-state index in [0.29, 0.717) is 61.6 Å². The monoisotopic (exact) mass is 567 g/mol. The van der Waals surface area contributed by atoms with Gasteiger partial charge >= 0.3 is 0 Å². The molecule has 0 aliphatic carbocycles. The van der Waals surface area contributed by atoms with E-state index in [4.69, 9.17) is 4.52 Å². The Labute approximate surface area is 211 Å². The molecule has 0 N–H and O–H groups in total. The first-order valence-corrected chi connectivity index (χ1v) is 14.1. The molecule has 0 atom stereocenters. The second kappa shape index (κ2) is 11.1. The van der Waals surface area contributed by atoms with Gasteiger partial charge in [0.2, 0.25) is 11.8 Å². The molecule has 3 heterocycles. The van der Waals surface area contributed by atoms with Crippen LogP contribution in [0.3, 0.4) is 0 Å². The largest absolute Gasteiger partial charge is 0.339 e. The molecule has 3 aromatic rings. The lowest BCUT2D eigenvalue weighted by atomic mass is 10.2. The summed E-state index contributed by atoms with van der Waals surface area (Å²) in [6.07, 6.45) is 0.650. The Morgan fingerprint density at radius 2 is 1.88 bits per heavy atom. The number of sulfonamides is 1. The van der Waals surface area contributed by atoms with Crippen molar-refractivity contribution in [1.82, 2.24) is 19.3 Å². The topological polar surface area (TPSA) is 99.9 Å². The van der Waals surface area contributed by atoms with Crippen LogP contribution in [0.2, 0.25) is 0 Å². The van der Waals surface area contributed by atoms with Crippen LogP contribution in [0.4, 0.5) is 5.69 Å². The summed E-state index contributed by atoms with van der Waals surface area (Å²) in [4.78, 5) is 20.9. The highest BCUT2D eigenvalue weighted by atomic mass is 79.9. The zero-order valence-corrected chi connectivity index (χ0v) is 22.0. The van der Waals surface area contributed by atoms with Crippen molar-refractivity contribution in [3.63, 3.8) is 0 Å². The molecule has 1 aliphatic heterocycles. The van der Waals surface area contributed by atoms with Crippen LogP contribution in [0.1, 0.15) is 25.1 Å². The number of anilines is 1. The van der Waals surface area contributed by atoms with Crippen LogP contribution in [0, 0.1) is 0 Å². The lowest BCUT2D eigenvalue weighted by Crippen LogP contribution is -2.48. The van der Waals surface area contributed by atoms with Gasteiger partial charge in [0.15, 0.2) is 5.82 Å². The number of benzene rings is 1. The van der Waals surface area contributed by atoms with Crippen molar-refractivity contribution in [2.75, 3.05) is 37.6 Å². The molecule has 9 nitrogen and oxygen atoms in total. The van der Waals surface area contributed by atoms with Crippen LogP contribution in [0.15, 0.2) is 55.0 Å². The second-order valence-electron chi connectivity index (χ2n) is 7.82. The number of rotatable bonds is 9. The number of para-hydroxylation sites is 1. The van der Waals surface area contributed by atoms with E-state index in [1.165, 1.54) is 15.6 Å². The molecule has 1 aromatic carbocycles. The van der Waals surface area contributed by atoms with E-state index in [9.17, 15) is 13.2 Å². The first kappa shape index (κ1) is 25.0. The Hall–Kier alpha value is -2.12. The number of aromatic nitrogens is 2. The Morgan fingerprint density at radius 3 is 2.53 bits per heavy atom. The molecule has 4 rings (SSSR count). The van der Waals surface area contributed by atoms with Gasteiger partial charge in [-0.3, -0.25) is 9.69 Å². The van der Waals surface area contributed by atoms with Crippen molar-refractivity contribution in [1.29, 1.82) is 0 Å². The van der Waals surface area contributed by atoms with Gasteiger partial charge in [-0.2, -0.15) is 9.29 Å². The third-order valence-electron chi connectivity index (χ3n) is 5.59. The summed E-state index contributed by atoms with van der Waals surface area (Å²) in [5.41, 5.74) is 0.870. The average Bonchev–Trinajstić information content (AvgIpc) is 3.48. The van der Waals surface area contributed by atoms with Gasteiger partial charge in [0.05, 0.1) is 10.3 Å². The van der Waals surface area contributed by atoms with Crippen LogP contribution in [0.25, 0.3) is 0 Å². The summed E-state index contributed by atoms with van der Waals surface area (Å²) in [5.74, 6) is 0.969. The van der Waals surface area contributed by atoms with Gasteiger partial charge in [-0.05, 0) is 47.1 Å². The van der Waals surface area contributed by atoms with Gasteiger partial charge in [-0.25, -0.2) is 8.42 Å². The third kappa shape index (κ3) is 5.92. The number of piperazine rings is 1. The standard InChI is InChI=1S/C22H26BrN5O4S2/c1-2-28(17-6-4-3-5-7-17)21(29)10-9-20-24-19(25-32-20)16-26-12-14-27(15-13-26)34(30,31)22-11-8-18(23)33-22/h3-8,11H,2,9-10,12-16H2,1H3. The Balaban J connectivity index is 1.26. The molecule has 1 saturated heterocycles. The summed E-state index contributed by atoms with van der Waals surface area (Å²) in [7, 11) is -3.47. The van der Waals surface area contributed by atoms with Gasteiger partial charge in [-0.15, -0.1) is 11.3 Å². The molecule has 1 amide bonds. The van der Waals surface area contributed by atoms with Crippen LogP contribution >= 0.6 is 27.3 Å². The fourth-order valence-corrected chi connectivity index (χ4v) is 7.39. The van der Waals surface area contributed by atoms with Crippen LogP contribution in [-0.4, -0.2) is 66.4 Å². The van der Waals surface area contributed by atoms with Crippen LogP contribution < -0.4 is 4.90 Å². The summed E-state index contributed by atoms with van der Waals surface area (Å²) in [5, 5.41) is 4.04. The maximum atomic E-state index is 12.8. The molecule has 0 unspecified atom stereocenters. The minimum absolute atomic E-state index is 0.00329. The third-order valence-corrected chi connectivity index (χ3v) is 9.58. The number of aryl methyl sites for hydroxylation is 1. The number of thiophene rings is 1. The highest BCUT2D eigenvalue weighted by Gasteiger charge is 2.30. The molecule has 2 aromatic heterocycles. The first-order valence-electron chi connectivity index (χ1n) is 11.0. The quantitative estimate of drug-likeness (QED) is 0.390. The van der Waals surface area contributed by atoms with Crippen molar-refractivity contribution < 1.29 is 17.7 Å². The van der Waals surface area contributed by atoms with E-state index >= 15 is 0 Å². The molecule has 0 saturated carbocycles. The fourth-order valence-electron chi connectivity index (χ4n) is 3.81. The maximum Gasteiger partial charge on any atom is 0.252 e. The summed E-state index contributed by atoms with van der Waals surface area (Å²) in [6, 6.07) is 12.9. The molecule has 12 heteroatoms. The number of nitrogens with zero attached hydrogens (tertiary/aromatic N) is 5. The van der Waals surface area contributed by atoms with Gasteiger partial charge in [-0.1, -0.05) is 23.4 Å². The zero-order chi connectivity index (χ0) is 24.1. The highest BCUT2D eigenvalue weighted by Crippen LogP contribution is 2.29. The molecular weight excluding hydrogens is 542 g/mol. The fraction of sp³-hybridized carbons (Fsp3) is 0.409. The molecular formula is C22H26BrN5O4S2. The summed E-state index contributed by atoms with van der Waals surface area (Å²) >= 11 is 4.54. The van der Waals surface area contributed by atoms with E-state index in [1.807, 2.05) is 37.3 Å². The van der Waals surface area contributed by atoms with E-state index in [2.05, 4.69) is 31.0 Å². The molecule has 1 fully saturated rings. The van der Waals surface area contributed by atoms with Gasteiger partial charge in [0.1, 0.15) is 4.21 Å². The zero-order valence-electron chi connectivity index (χ0n) is 18.8. The summed E-state index contributed by atoms with van der Waals surface area (Å²) in [6.45, 7) is 4.98. The highest BCUT2D eigenvalue weighted by molar-refractivity contribution is 9.11. The van der Waals surface area contributed by atoms with Crippen molar-refractivity contribution >= 4 is 48.9 Å². The number of carbonyl (C=O) groups is 1. The van der Waals surface area contributed by atoms with E-state index in [-0.39, 0.29) is 12.3 Å². The molecule has 0 radical (unpaired) electrons. The van der Waals surface area contributed by atoms with E-state index in [1.54, 1.807) is 17.0 Å². The van der Waals surface area contributed by atoms with Gasteiger partial charge < -0.3 is 9.42 Å². The van der Waals surface area contributed by atoms with Crippen molar-refractivity contribution in [2.45, 2.75) is 30.5 Å². The molecule has 34 heavy (non-hydrogen) atoms. The van der Waals surface area contributed by atoms with Gasteiger partial charge in [0.25, 0.3) is 10.0 Å². The average molecular weight is 569 g/mol. The molecule has 0 spiro atoms. The molecule has 182 valence electrons. The second-order valence-corrected chi connectivity index (χ2v) is 12.4. The van der Waals surface area contributed by atoms with E-state index < -0.39 is 10.0 Å². The smallest absolute Gasteiger partial charge is 0.252 e. The predicted octanol–water partition coefficient (Wildman–Crippen LogP) is 3.39. The van der Waals surface area contributed by atoms with Gasteiger partial charge in [0, 0.05) is 51.3 Å². The van der Waals surface area contributed by atoms with E-state index in [0.717, 1.165) is 9.47 Å². The Bertz CT molecular complexity index is 1210. The van der Waals surface area contributed by atoms with Crippen LogP contribution in [0.5, 0.6) is 0 Å². The van der Waals surface area contributed by atoms with Crippen molar-refractivity contribution in [2.24, 2.45) is 0 Å². The number of hydrogen-bond donors (Lipinski definition) is 0. The van der Waals surface area contributed by atoms with Crippen molar-refractivity contribution in [3.8, 4) is 0 Å². The SMILES string of the molecule is CCN(C(=O)CCc1nc(CN2CCN(S(=O)(=O)c3ccc(Br)s3)CC2)no1)c1ccccc1. The number of halogens is 1. The summed E-state index contributed by atoms with van der Waals surface area (Å²) < 4.78 is 33.6. The minimum atomic E-state index is -3.47. The Kier molecular flexibility index (Phi) is 8.14.